The summed E-state index contributed by atoms with van der Waals surface area (Å²) in [5.41, 5.74) is 0.545. The van der Waals surface area contributed by atoms with Crippen LogP contribution in [0, 0.1) is 5.41 Å². The highest BCUT2D eigenvalue weighted by atomic mass is 19.4. The Morgan fingerprint density at radius 3 is 2.56 bits per heavy atom. The maximum absolute atomic E-state index is 13.4. The van der Waals surface area contributed by atoms with Gasteiger partial charge >= 0.3 is 6.36 Å². The van der Waals surface area contributed by atoms with Crippen LogP contribution in [0.5, 0.6) is 5.75 Å². The summed E-state index contributed by atoms with van der Waals surface area (Å²) < 4.78 is 42.0. The monoisotopic (exact) mass is 512 g/mol. The topological polar surface area (TPSA) is 76.6 Å². The lowest BCUT2D eigenvalue weighted by Crippen LogP contribution is -2.62. The molecule has 11 heteroatoms. The number of hydrogen-bond acceptors (Lipinski definition) is 6. The Kier molecular flexibility index (Phi) is 7.43. The van der Waals surface area contributed by atoms with E-state index >= 15 is 0 Å². The van der Waals surface area contributed by atoms with E-state index in [0.29, 0.717) is 31.7 Å². The first-order chi connectivity index (χ1) is 16.9. The van der Waals surface area contributed by atoms with Gasteiger partial charge in [-0.05, 0) is 56.7 Å². The number of anilines is 1. The summed E-state index contributed by atoms with van der Waals surface area (Å²) in [4.78, 5) is 33.5. The minimum absolute atomic E-state index is 0.0968. The van der Waals surface area contributed by atoms with Gasteiger partial charge in [0.2, 0.25) is 11.8 Å². The van der Waals surface area contributed by atoms with Crippen LogP contribution in [-0.4, -0.2) is 103 Å². The quantitative estimate of drug-likeness (QED) is 0.605. The maximum Gasteiger partial charge on any atom is 0.573 e. The van der Waals surface area contributed by atoms with E-state index in [1.54, 1.807) is 36.9 Å². The molecule has 3 aliphatic rings. The van der Waals surface area contributed by atoms with Gasteiger partial charge < -0.3 is 29.4 Å². The van der Waals surface area contributed by atoms with Crippen molar-refractivity contribution < 1.29 is 32.6 Å². The number of carbonyl (C=O) groups is 2. The Morgan fingerprint density at radius 1 is 1.22 bits per heavy atom. The minimum Gasteiger partial charge on any atom is -0.406 e. The van der Waals surface area contributed by atoms with Crippen LogP contribution in [0.3, 0.4) is 0 Å². The number of aliphatic hydroxyl groups excluding tert-OH is 1. The number of piperazine rings is 1. The lowest BCUT2D eigenvalue weighted by molar-refractivity contribution is -0.274. The van der Waals surface area contributed by atoms with Crippen LogP contribution in [0.1, 0.15) is 32.6 Å². The van der Waals surface area contributed by atoms with Crippen molar-refractivity contribution in [2.45, 2.75) is 57.2 Å². The van der Waals surface area contributed by atoms with Crippen molar-refractivity contribution in [1.29, 1.82) is 0 Å². The highest BCUT2D eigenvalue weighted by molar-refractivity contribution is 5.92. The van der Waals surface area contributed by atoms with Crippen LogP contribution in [0.25, 0.3) is 0 Å². The number of rotatable bonds is 7. The predicted octanol–water partition coefficient (Wildman–Crippen LogP) is 2.32. The number of aliphatic hydroxyl groups is 1. The number of halogens is 3. The SMILES string of the molecule is CC1C(=O)N(C(CCN2CCC3(CC3)C(O)C2)C(=O)N(C)C)CCN1c1cccc(OC(F)(F)F)c1. The van der Waals surface area contributed by atoms with Crippen molar-refractivity contribution in [3.05, 3.63) is 24.3 Å². The lowest BCUT2D eigenvalue weighted by atomic mass is 9.90. The zero-order valence-electron chi connectivity index (χ0n) is 21.0. The fraction of sp³-hybridized carbons (Fsp3) is 0.680. The van der Waals surface area contributed by atoms with Gasteiger partial charge in [0, 0.05) is 52.0 Å². The molecule has 2 saturated heterocycles. The molecule has 1 N–H and O–H groups in total. The van der Waals surface area contributed by atoms with E-state index in [9.17, 15) is 27.9 Å². The molecule has 1 aromatic carbocycles. The van der Waals surface area contributed by atoms with E-state index in [4.69, 9.17) is 0 Å². The molecule has 0 radical (unpaired) electrons. The molecule has 1 aromatic rings. The molecule has 1 aliphatic carbocycles. The fourth-order valence-electron chi connectivity index (χ4n) is 5.45. The van der Waals surface area contributed by atoms with E-state index in [1.807, 2.05) is 0 Å². The third-order valence-electron chi connectivity index (χ3n) is 7.85. The summed E-state index contributed by atoms with van der Waals surface area (Å²) in [5, 5.41) is 10.5. The summed E-state index contributed by atoms with van der Waals surface area (Å²) in [6.45, 7) is 4.37. The summed E-state index contributed by atoms with van der Waals surface area (Å²) in [7, 11) is 3.32. The van der Waals surface area contributed by atoms with Crippen molar-refractivity contribution in [1.82, 2.24) is 14.7 Å². The van der Waals surface area contributed by atoms with Crippen molar-refractivity contribution in [3.63, 3.8) is 0 Å². The first kappa shape index (κ1) is 26.5. The highest BCUT2D eigenvalue weighted by Crippen LogP contribution is 2.53. The number of carbonyl (C=O) groups excluding carboxylic acids is 2. The standard InChI is InChI=1S/C25H35F3N4O4/c1-17-22(34)32(14-13-31(17)18-5-4-6-19(15-18)36-25(26,27)28)20(23(35)29(2)3)7-11-30-12-10-24(8-9-24)21(33)16-30/h4-6,15,17,20-21,33H,7-14,16H2,1-3H3. The van der Waals surface area contributed by atoms with Crippen LogP contribution < -0.4 is 9.64 Å². The Bertz CT molecular complexity index is 969. The number of β-amino-alcohol motifs (C(OH)–C–C–N with tert-alkyl or cyclic N) is 1. The molecule has 4 rings (SSSR count). The molecule has 0 bridgehead atoms. The average molecular weight is 513 g/mol. The maximum atomic E-state index is 13.4. The van der Waals surface area contributed by atoms with Gasteiger partial charge in [0.1, 0.15) is 17.8 Å². The minimum atomic E-state index is -4.80. The fourth-order valence-corrected chi connectivity index (χ4v) is 5.45. The number of hydrogen-bond donors (Lipinski definition) is 1. The molecule has 2 heterocycles. The molecule has 1 spiro atoms. The number of nitrogens with zero attached hydrogens (tertiary/aromatic N) is 4. The molecule has 2 aliphatic heterocycles. The van der Waals surface area contributed by atoms with E-state index in [-0.39, 0.29) is 35.6 Å². The number of ether oxygens (including phenoxy) is 1. The molecule has 3 fully saturated rings. The highest BCUT2D eigenvalue weighted by Gasteiger charge is 2.51. The van der Waals surface area contributed by atoms with E-state index in [2.05, 4.69) is 9.64 Å². The molecule has 3 atom stereocenters. The van der Waals surface area contributed by atoms with Gasteiger partial charge in [0.05, 0.1) is 6.10 Å². The summed E-state index contributed by atoms with van der Waals surface area (Å²) in [6.07, 6.45) is -1.60. The molecular formula is C25H35F3N4O4. The van der Waals surface area contributed by atoms with Crippen LogP contribution in [0.4, 0.5) is 18.9 Å². The molecule has 200 valence electrons. The second-order valence-electron chi connectivity index (χ2n) is 10.4. The van der Waals surface area contributed by atoms with Crippen molar-refractivity contribution in [3.8, 4) is 5.75 Å². The number of amides is 2. The molecule has 0 aromatic heterocycles. The number of likely N-dealkylation sites (tertiary alicyclic amines) is 1. The molecule has 36 heavy (non-hydrogen) atoms. The smallest absolute Gasteiger partial charge is 0.406 e. The Morgan fingerprint density at radius 2 is 1.94 bits per heavy atom. The zero-order chi connectivity index (χ0) is 26.3. The van der Waals surface area contributed by atoms with Gasteiger partial charge in [-0.1, -0.05) is 6.07 Å². The summed E-state index contributed by atoms with van der Waals surface area (Å²) in [6, 6.07) is 4.27. The van der Waals surface area contributed by atoms with Crippen molar-refractivity contribution in [2.24, 2.45) is 5.41 Å². The molecular weight excluding hydrogens is 477 g/mol. The van der Waals surface area contributed by atoms with Crippen LogP contribution >= 0.6 is 0 Å². The van der Waals surface area contributed by atoms with Crippen molar-refractivity contribution in [2.75, 3.05) is 51.7 Å². The Labute approximate surface area is 209 Å². The van der Waals surface area contributed by atoms with Crippen LogP contribution in [0.2, 0.25) is 0 Å². The Balaban J connectivity index is 1.43. The van der Waals surface area contributed by atoms with Gasteiger partial charge in [0.15, 0.2) is 0 Å². The largest absolute Gasteiger partial charge is 0.573 e. The first-order valence-electron chi connectivity index (χ1n) is 12.4. The predicted molar refractivity (Wildman–Crippen MR) is 127 cm³/mol. The zero-order valence-corrected chi connectivity index (χ0v) is 21.0. The average Bonchev–Trinajstić information content (AvgIpc) is 3.58. The van der Waals surface area contributed by atoms with E-state index in [1.165, 1.54) is 23.1 Å². The first-order valence-corrected chi connectivity index (χ1v) is 12.4. The number of alkyl halides is 3. The molecule has 2 amide bonds. The second-order valence-corrected chi connectivity index (χ2v) is 10.4. The number of likely N-dealkylation sites (N-methyl/N-ethyl adjacent to an activating group) is 1. The van der Waals surface area contributed by atoms with Gasteiger partial charge in [-0.25, -0.2) is 0 Å². The van der Waals surface area contributed by atoms with Crippen LogP contribution in [0.15, 0.2) is 24.3 Å². The van der Waals surface area contributed by atoms with Gasteiger partial charge in [-0.15, -0.1) is 13.2 Å². The third-order valence-corrected chi connectivity index (χ3v) is 7.85. The van der Waals surface area contributed by atoms with Crippen LogP contribution in [-0.2, 0) is 9.59 Å². The van der Waals surface area contributed by atoms with Crippen molar-refractivity contribution >= 4 is 17.5 Å². The lowest BCUT2D eigenvalue weighted by Gasteiger charge is -2.44. The second kappa shape index (κ2) is 10.1. The van der Waals surface area contributed by atoms with Gasteiger partial charge in [0.25, 0.3) is 0 Å². The number of benzene rings is 1. The molecule has 3 unspecified atom stereocenters. The summed E-state index contributed by atoms with van der Waals surface area (Å²) >= 11 is 0. The molecule has 8 nitrogen and oxygen atoms in total. The number of piperidine rings is 1. The van der Waals surface area contributed by atoms with Gasteiger partial charge in [-0.3, -0.25) is 9.59 Å². The summed E-state index contributed by atoms with van der Waals surface area (Å²) in [5.74, 6) is -0.764. The van der Waals surface area contributed by atoms with E-state index in [0.717, 1.165) is 25.8 Å². The van der Waals surface area contributed by atoms with Gasteiger partial charge in [-0.2, -0.15) is 0 Å². The molecule has 1 saturated carbocycles. The Hall–Kier alpha value is -2.53. The third kappa shape index (κ3) is 5.72. The van der Waals surface area contributed by atoms with E-state index < -0.39 is 18.4 Å². The normalized spacial score (nSPS) is 25.1.